The van der Waals surface area contributed by atoms with E-state index in [1.165, 1.54) is 5.56 Å². The molecule has 3 aromatic rings. The van der Waals surface area contributed by atoms with Crippen LogP contribution in [0.5, 0.6) is 0 Å². The Balaban J connectivity index is 1.45. The van der Waals surface area contributed by atoms with Gasteiger partial charge >= 0.3 is 6.09 Å². The van der Waals surface area contributed by atoms with Gasteiger partial charge in [-0.3, -0.25) is 9.36 Å². The molecule has 1 fully saturated rings. The SMILES string of the molecule is CC(C)(C)OC(=O)N1CCCc2ccc(Nc3ncc4cc(C#N)c(=O)n(C5CCCC5)c4n3)cc2C1. The van der Waals surface area contributed by atoms with Crippen molar-refractivity contribution in [2.24, 2.45) is 0 Å². The lowest BCUT2D eigenvalue weighted by molar-refractivity contribution is 0.0237. The predicted molar refractivity (Wildman–Crippen MR) is 141 cm³/mol. The lowest BCUT2D eigenvalue weighted by Crippen LogP contribution is -2.36. The molecule has 5 rings (SSSR count). The highest BCUT2D eigenvalue weighted by Gasteiger charge is 2.25. The summed E-state index contributed by atoms with van der Waals surface area (Å²) < 4.78 is 7.28. The van der Waals surface area contributed by atoms with Crippen molar-refractivity contribution in [3.05, 3.63) is 57.5 Å². The third-order valence-corrected chi connectivity index (χ3v) is 6.93. The Bertz CT molecular complexity index is 1440. The third kappa shape index (κ3) is 5.29. The maximum Gasteiger partial charge on any atom is 0.410 e. The molecule has 1 aliphatic carbocycles. The predicted octanol–water partition coefficient (Wildman–Crippen LogP) is 5.21. The fraction of sp³-hybridized carbons (Fsp3) is 0.464. The first-order valence-corrected chi connectivity index (χ1v) is 12.9. The minimum Gasteiger partial charge on any atom is -0.444 e. The standard InChI is InChI=1S/C28H32N6O3/c1-28(2,3)37-27(36)33-12-6-7-18-10-11-22(14-21(18)17-33)31-26-30-16-20-13-19(15-29)25(35)34(24(20)32-26)23-8-4-5-9-23/h10-11,13-14,16,23H,4-9,12,17H2,1-3H3,(H,30,31,32). The van der Waals surface area contributed by atoms with Crippen LogP contribution >= 0.6 is 0 Å². The van der Waals surface area contributed by atoms with E-state index in [9.17, 15) is 14.9 Å². The van der Waals surface area contributed by atoms with Crippen molar-refractivity contribution in [1.82, 2.24) is 19.4 Å². The Kier molecular flexibility index (Phi) is 6.59. The average molecular weight is 501 g/mol. The lowest BCUT2D eigenvalue weighted by atomic mass is 10.0. The number of hydrogen-bond donors (Lipinski definition) is 1. The Morgan fingerprint density at radius 2 is 1.95 bits per heavy atom. The topological polar surface area (TPSA) is 113 Å². The summed E-state index contributed by atoms with van der Waals surface area (Å²) in [6.45, 7) is 6.72. The van der Waals surface area contributed by atoms with Crippen LogP contribution in [0.15, 0.2) is 35.3 Å². The van der Waals surface area contributed by atoms with E-state index in [1.54, 1.807) is 21.7 Å². The maximum atomic E-state index is 13.1. The lowest BCUT2D eigenvalue weighted by Gasteiger charge is -2.26. The second-order valence-corrected chi connectivity index (χ2v) is 10.9. The van der Waals surface area contributed by atoms with Crippen molar-refractivity contribution in [3.8, 4) is 6.07 Å². The number of amides is 1. The second-order valence-electron chi connectivity index (χ2n) is 10.9. The first-order valence-electron chi connectivity index (χ1n) is 12.9. The second kappa shape index (κ2) is 9.85. The average Bonchev–Trinajstić information content (AvgIpc) is 3.28. The third-order valence-electron chi connectivity index (χ3n) is 6.93. The number of carbonyl (C=O) groups is 1. The van der Waals surface area contributed by atoms with Crippen LogP contribution in [0.25, 0.3) is 11.0 Å². The normalized spacial score (nSPS) is 16.2. The van der Waals surface area contributed by atoms with E-state index in [0.717, 1.165) is 49.8 Å². The van der Waals surface area contributed by atoms with Crippen molar-refractivity contribution >= 4 is 28.8 Å². The minimum absolute atomic E-state index is 0.0392. The number of fused-ring (bicyclic) bond motifs is 2. The Hall–Kier alpha value is -3.93. The van der Waals surface area contributed by atoms with Crippen LogP contribution in [0.2, 0.25) is 0 Å². The quantitative estimate of drug-likeness (QED) is 0.525. The van der Waals surface area contributed by atoms with E-state index >= 15 is 0 Å². The van der Waals surface area contributed by atoms with Gasteiger partial charge in [0.2, 0.25) is 5.95 Å². The zero-order chi connectivity index (χ0) is 26.2. The molecule has 0 bridgehead atoms. The molecule has 0 saturated heterocycles. The largest absolute Gasteiger partial charge is 0.444 e. The number of pyridine rings is 1. The number of anilines is 2. The molecule has 192 valence electrons. The number of nitriles is 1. The van der Waals surface area contributed by atoms with Crippen molar-refractivity contribution in [3.63, 3.8) is 0 Å². The molecule has 37 heavy (non-hydrogen) atoms. The van der Waals surface area contributed by atoms with Gasteiger partial charge in [-0.05, 0) is 75.8 Å². The van der Waals surface area contributed by atoms with Crippen LogP contribution in [0.1, 0.15) is 75.6 Å². The summed E-state index contributed by atoms with van der Waals surface area (Å²) in [6.07, 6.45) is 7.02. The van der Waals surface area contributed by atoms with Crippen LogP contribution in [0.4, 0.5) is 16.4 Å². The molecular formula is C28H32N6O3. The zero-order valence-corrected chi connectivity index (χ0v) is 21.6. The summed E-state index contributed by atoms with van der Waals surface area (Å²) in [5.41, 5.74) is 2.87. The molecule has 0 atom stereocenters. The van der Waals surface area contributed by atoms with E-state index in [4.69, 9.17) is 9.72 Å². The summed E-state index contributed by atoms with van der Waals surface area (Å²) in [5, 5.41) is 13.4. The van der Waals surface area contributed by atoms with Crippen LogP contribution in [-0.2, 0) is 17.7 Å². The molecule has 0 radical (unpaired) electrons. The first-order chi connectivity index (χ1) is 17.7. The molecule has 1 saturated carbocycles. The van der Waals surface area contributed by atoms with Gasteiger partial charge in [-0.2, -0.15) is 10.2 Å². The Morgan fingerprint density at radius 1 is 1.16 bits per heavy atom. The van der Waals surface area contributed by atoms with Crippen molar-refractivity contribution in [1.29, 1.82) is 5.26 Å². The molecule has 1 aromatic carbocycles. The van der Waals surface area contributed by atoms with Gasteiger partial charge in [-0.25, -0.2) is 9.78 Å². The Labute approximate surface area is 216 Å². The van der Waals surface area contributed by atoms with E-state index in [-0.39, 0.29) is 23.3 Å². The van der Waals surface area contributed by atoms with Gasteiger partial charge in [0.25, 0.3) is 5.56 Å². The number of benzene rings is 1. The number of nitrogens with one attached hydrogen (secondary N) is 1. The first kappa shape index (κ1) is 24.8. The molecular weight excluding hydrogens is 468 g/mol. The minimum atomic E-state index is -0.545. The molecule has 1 N–H and O–H groups in total. The molecule has 1 amide bonds. The highest BCUT2D eigenvalue weighted by molar-refractivity contribution is 5.77. The van der Waals surface area contributed by atoms with E-state index < -0.39 is 5.60 Å². The van der Waals surface area contributed by atoms with Gasteiger partial charge in [0.1, 0.15) is 22.9 Å². The number of nitrogens with zero attached hydrogens (tertiary/aromatic N) is 5. The number of hydrogen-bond acceptors (Lipinski definition) is 7. The molecule has 0 unspecified atom stereocenters. The molecule has 2 aliphatic rings. The number of aromatic nitrogens is 3. The van der Waals surface area contributed by atoms with E-state index in [0.29, 0.717) is 30.1 Å². The summed E-state index contributed by atoms with van der Waals surface area (Å²) in [4.78, 5) is 36.7. The van der Waals surface area contributed by atoms with Gasteiger partial charge < -0.3 is 15.0 Å². The van der Waals surface area contributed by atoms with Gasteiger partial charge in [0, 0.05) is 36.4 Å². The Morgan fingerprint density at radius 3 is 2.68 bits per heavy atom. The summed E-state index contributed by atoms with van der Waals surface area (Å²) in [7, 11) is 0. The van der Waals surface area contributed by atoms with Crippen molar-refractivity contribution < 1.29 is 9.53 Å². The number of ether oxygens (including phenoxy) is 1. The van der Waals surface area contributed by atoms with Crippen LogP contribution in [0.3, 0.4) is 0 Å². The van der Waals surface area contributed by atoms with Gasteiger partial charge in [-0.15, -0.1) is 0 Å². The molecule has 1 aliphatic heterocycles. The smallest absolute Gasteiger partial charge is 0.410 e. The van der Waals surface area contributed by atoms with E-state index in [2.05, 4.69) is 16.4 Å². The summed E-state index contributed by atoms with van der Waals surface area (Å²) in [5.74, 6) is 0.376. The van der Waals surface area contributed by atoms with Crippen LogP contribution < -0.4 is 10.9 Å². The van der Waals surface area contributed by atoms with E-state index in [1.807, 2.05) is 39.0 Å². The fourth-order valence-corrected chi connectivity index (χ4v) is 5.21. The zero-order valence-electron chi connectivity index (χ0n) is 21.6. The number of rotatable bonds is 3. The maximum absolute atomic E-state index is 13.1. The van der Waals surface area contributed by atoms with Gasteiger partial charge in [-0.1, -0.05) is 18.9 Å². The summed E-state index contributed by atoms with van der Waals surface area (Å²) >= 11 is 0. The van der Waals surface area contributed by atoms with Crippen molar-refractivity contribution in [2.45, 2.75) is 77.5 Å². The summed E-state index contributed by atoms with van der Waals surface area (Å²) in [6, 6.07) is 9.71. The highest BCUT2D eigenvalue weighted by Crippen LogP contribution is 2.31. The molecule has 0 spiro atoms. The van der Waals surface area contributed by atoms with Crippen molar-refractivity contribution in [2.75, 3.05) is 11.9 Å². The monoisotopic (exact) mass is 500 g/mol. The molecule has 3 heterocycles. The van der Waals surface area contributed by atoms with Crippen LogP contribution in [-0.4, -0.2) is 37.7 Å². The molecule has 2 aromatic heterocycles. The number of aryl methyl sites for hydroxylation is 1. The number of carbonyl (C=O) groups excluding carboxylic acids is 1. The molecule has 9 nitrogen and oxygen atoms in total. The highest BCUT2D eigenvalue weighted by atomic mass is 16.6. The van der Waals surface area contributed by atoms with Gasteiger partial charge in [0.05, 0.1) is 0 Å². The fourth-order valence-electron chi connectivity index (χ4n) is 5.21. The van der Waals surface area contributed by atoms with Gasteiger partial charge in [0.15, 0.2) is 0 Å². The van der Waals surface area contributed by atoms with Crippen LogP contribution in [0, 0.1) is 11.3 Å². The molecule has 9 heteroatoms.